The van der Waals surface area contributed by atoms with Gasteiger partial charge in [0.15, 0.2) is 17.3 Å². The van der Waals surface area contributed by atoms with Crippen molar-refractivity contribution in [3.63, 3.8) is 0 Å². The standard InChI is InChI=1S/C22H23NO4/c1-15-4-2-3-5-18(15)19(24)7-9-22(25)23-11-10-17(13-23)16-6-8-20-21(12-16)27-14-26-20/h2-6,8,12,17H,7,9-11,13-14H2,1H3. The van der Waals surface area contributed by atoms with Crippen LogP contribution in [-0.2, 0) is 4.79 Å². The van der Waals surface area contributed by atoms with Gasteiger partial charge >= 0.3 is 0 Å². The van der Waals surface area contributed by atoms with E-state index in [0.717, 1.165) is 30.0 Å². The lowest BCUT2D eigenvalue weighted by Crippen LogP contribution is -2.28. The van der Waals surface area contributed by atoms with E-state index in [1.807, 2.05) is 54.3 Å². The van der Waals surface area contributed by atoms with E-state index >= 15 is 0 Å². The van der Waals surface area contributed by atoms with Crippen LogP contribution >= 0.6 is 0 Å². The van der Waals surface area contributed by atoms with Gasteiger partial charge in [0.05, 0.1) is 0 Å². The molecular weight excluding hydrogens is 342 g/mol. The summed E-state index contributed by atoms with van der Waals surface area (Å²) in [5.74, 6) is 1.95. The average molecular weight is 365 g/mol. The largest absolute Gasteiger partial charge is 0.454 e. The third-order valence-corrected chi connectivity index (χ3v) is 5.42. The minimum Gasteiger partial charge on any atom is -0.454 e. The van der Waals surface area contributed by atoms with Crippen molar-refractivity contribution in [1.29, 1.82) is 0 Å². The lowest BCUT2D eigenvalue weighted by Gasteiger charge is -2.17. The number of carbonyl (C=O) groups is 2. The predicted octanol–water partition coefficient (Wildman–Crippen LogP) is 3.70. The molecule has 140 valence electrons. The second kappa shape index (κ2) is 7.43. The van der Waals surface area contributed by atoms with Crippen LogP contribution in [0, 0.1) is 6.92 Å². The number of Topliss-reactive ketones (excluding diaryl/α,β-unsaturated/α-hetero) is 1. The summed E-state index contributed by atoms with van der Waals surface area (Å²) in [4.78, 5) is 26.8. The molecule has 0 bridgehead atoms. The van der Waals surface area contributed by atoms with Crippen molar-refractivity contribution in [2.45, 2.75) is 32.1 Å². The highest BCUT2D eigenvalue weighted by Gasteiger charge is 2.28. The molecule has 2 aliphatic rings. The second-order valence-corrected chi connectivity index (χ2v) is 7.18. The molecule has 4 rings (SSSR count). The van der Waals surface area contributed by atoms with E-state index in [-0.39, 0.29) is 31.3 Å². The second-order valence-electron chi connectivity index (χ2n) is 7.18. The Morgan fingerprint density at radius 1 is 1.07 bits per heavy atom. The molecule has 2 aliphatic heterocycles. The summed E-state index contributed by atoms with van der Waals surface area (Å²) in [6.07, 6.45) is 1.45. The van der Waals surface area contributed by atoms with Gasteiger partial charge in [-0.2, -0.15) is 0 Å². The number of amides is 1. The van der Waals surface area contributed by atoms with Crippen molar-refractivity contribution >= 4 is 11.7 Å². The number of ether oxygens (including phenoxy) is 2. The molecule has 0 radical (unpaired) electrons. The van der Waals surface area contributed by atoms with Gasteiger partial charge < -0.3 is 14.4 Å². The number of likely N-dealkylation sites (tertiary alicyclic amines) is 1. The maximum atomic E-state index is 12.6. The van der Waals surface area contributed by atoms with Crippen molar-refractivity contribution in [1.82, 2.24) is 4.90 Å². The van der Waals surface area contributed by atoms with Gasteiger partial charge in [-0.3, -0.25) is 9.59 Å². The molecule has 1 amide bonds. The zero-order valence-electron chi connectivity index (χ0n) is 15.4. The Bertz CT molecular complexity index is 876. The van der Waals surface area contributed by atoms with Crippen molar-refractivity contribution in [3.8, 4) is 11.5 Å². The summed E-state index contributed by atoms with van der Waals surface area (Å²) >= 11 is 0. The number of hydrogen-bond donors (Lipinski definition) is 0. The molecular formula is C22H23NO4. The van der Waals surface area contributed by atoms with Gasteiger partial charge in [0.1, 0.15) is 0 Å². The summed E-state index contributed by atoms with van der Waals surface area (Å²) in [5.41, 5.74) is 2.84. The fourth-order valence-corrected chi connectivity index (χ4v) is 3.82. The molecule has 1 unspecified atom stereocenters. The van der Waals surface area contributed by atoms with E-state index in [0.29, 0.717) is 18.0 Å². The molecule has 0 N–H and O–H groups in total. The molecule has 5 heteroatoms. The monoisotopic (exact) mass is 365 g/mol. The quantitative estimate of drug-likeness (QED) is 0.758. The maximum absolute atomic E-state index is 12.6. The van der Waals surface area contributed by atoms with Gasteiger partial charge in [-0.05, 0) is 36.6 Å². The van der Waals surface area contributed by atoms with E-state index in [1.54, 1.807) is 0 Å². The Kier molecular flexibility index (Phi) is 4.84. The Balaban J connectivity index is 1.33. The first kappa shape index (κ1) is 17.6. The molecule has 2 aromatic carbocycles. The Hall–Kier alpha value is -2.82. The lowest BCUT2D eigenvalue weighted by molar-refractivity contribution is -0.130. The molecule has 27 heavy (non-hydrogen) atoms. The predicted molar refractivity (Wildman–Crippen MR) is 101 cm³/mol. The van der Waals surface area contributed by atoms with Crippen LogP contribution in [-0.4, -0.2) is 36.5 Å². The summed E-state index contributed by atoms with van der Waals surface area (Å²) in [7, 11) is 0. The van der Waals surface area contributed by atoms with Crippen LogP contribution in [0.1, 0.15) is 46.7 Å². The van der Waals surface area contributed by atoms with Gasteiger partial charge in [0, 0.05) is 37.4 Å². The van der Waals surface area contributed by atoms with Crippen LogP contribution in [0.5, 0.6) is 11.5 Å². The molecule has 0 aromatic heterocycles. The zero-order valence-corrected chi connectivity index (χ0v) is 15.4. The van der Waals surface area contributed by atoms with Gasteiger partial charge in [-0.15, -0.1) is 0 Å². The van der Waals surface area contributed by atoms with E-state index in [2.05, 4.69) is 0 Å². The Morgan fingerprint density at radius 2 is 1.89 bits per heavy atom. The molecule has 2 heterocycles. The number of fused-ring (bicyclic) bond motifs is 1. The zero-order chi connectivity index (χ0) is 18.8. The summed E-state index contributed by atoms with van der Waals surface area (Å²) < 4.78 is 10.8. The number of nitrogens with zero attached hydrogens (tertiary/aromatic N) is 1. The number of ketones is 1. The van der Waals surface area contributed by atoms with Crippen LogP contribution in [0.15, 0.2) is 42.5 Å². The number of aryl methyl sites for hydroxylation is 1. The van der Waals surface area contributed by atoms with Gasteiger partial charge in [-0.1, -0.05) is 30.3 Å². The first-order valence-corrected chi connectivity index (χ1v) is 9.38. The number of benzene rings is 2. The Morgan fingerprint density at radius 3 is 2.74 bits per heavy atom. The highest BCUT2D eigenvalue weighted by atomic mass is 16.7. The molecule has 0 aliphatic carbocycles. The SMILES string of the molecule is Cc1ccccc1C(=O)CCC(=O)N1CCC(c2ccc3c(c2)OCO3)C1. The van der Waals surface area contributed by atoms with Crippen LogP contribution < -0.4 is 9.47 Å². The minimum absolute atomic E-state index is 0.0352. The summed E-state index contributed by atoms with van der Waals surface area (Å²) in [6.45, 7) is 3.61. The molecule has 0 spiro atoms. The molecule has 0 saturated carbocycles. The van der Waals surface area contributed by atoms with E-state index in [1.165, 1.54) is 5.56 Å². The third-order valence-electron chi connectivity index (χ3n) is 5.42. The summed E-state index contributed by atoms with van der Waals surface area (Å²) in [6, 6.07) is 13.5. The van der Waals surface area contributed by atoms with Gasteiger partial charge in [-0.25, -0.2) is 0 Å². The van der Waals surface area contributed by atoms with Gasteiger partial charge in [0.2, 0.25) is 12.7 Å². The van der Waals surface area contributed by atoms with E-state index in [9.17, 15) is 9.59 Å². The smallest absolute Gasteiger partial charge is 0.231 e. The molecule has 5 nitrogen and oxygen atoms in total. The van der Waals surface area contributed by atoms with Crippen LogP contribution in [0.4, 0.5) is 0 Å². The normalized spacial score (nSPS) is 18.0. The third kappa shape index (κ3) is 3.68. The molecule has 2 aromatic rings. The van der Waals surface area contributed by atoms with Gasteiger partial charge in [0.25, 0.3) is 0 Å². The maximum Gasteiger partial charge on any atom is 0.231 e. The number of rotatable bonds is 5. The molecule has 1 saturated heterocycles. The van der Waals surface area contributed by atoms with Crippen molar-refractivity contribution in [2.24, 2.45) is 0 Å². The number of carbonyl (C=O) groups excluding carboxylic acids is 2. The summed E-state index contributed by atoms with van der Waals surface area (Å²) in [5, 5.41) is 0. The average Bonchev–Trinajstić information content (AvgIpc) is 3.35. The first-order valence-electron chi connectivity index (χ1n) is 9.38. The Labute approximate surface area is 158 Å². The first-order chi connectivity index (χ1) is 13.1. The fourth-order valence-electron chi connectivity index (χ4n) is 3.82. The highest BCUT2D eigenvalue weighted by molar-refractivity contribution is 5.99. The van der Waals surface area contributed by atoms with E-state index < -0.39 is 0 Å². The molecule has 1 atom stereocenters. The van der Waals surface area contributed by atoms with Crippen LogP contribution in [0.2, 0.25) is 0 Å². The fraction of sp³-hybridized carbons (Fsp3) is 0.364. The van der Waals surface area contributed by atoms with Crippen molar-refractivity contribution in [3.05, 3.63) is 59.2 Å². The topological polar surface area (TPSA) is 55.8 Å². The minimum atomic E-state index is 0.0352. The van der Waals surface area contributed by atoms with Crippen LogP contribution in [0.3, 0.4) is 0 Å². The number of hydrogen-bond acceptors (Lipinski definition) is 4. The van der Waals surface area contributed by atoms with E-state index in [4.69, 9.17) is 9.47 Å². The van der Waals surface area contributed by atoms with Crippen molar-refractivity contribution in [2.75, 3.05) is 19.9 Å². The highest BCUT2D eigenvalue weighted by Crippen LogP contribution is 2.37. The van der Waals surface area contributed by atoms with Crippen molar-refractivity contribution < 1.29 is 19.1 Å². The lowest BCUT2D eigenvalue weighted by atomic mass is 9.98. The van der Waals surface area contributed by atoms with Crippen LogP contribution in [0.25, 0.3) is 0 Å². The molecule has 1 fully saturated rings.